The molecule has 0 unspecified atom stereocenters. The third-order valence-corrected chi connectivity index (χ3v) is 5.72. The van der Waals surface area contributed by atoms with E-state index in [9.17, 15) is 4.79 Å². The minimum Gasteiger partial charge on any atom is -0.465 e. The standard InChI is InChI=1S/C25H24N4O3/c1-31-25(30)19-7-5-18(6-8-19)23-27-22-21(9-10-26-24(22)28-23)20-4-2-3-17(15-20)16-29-11-13-32-14-12-29/h2-10,15H,11-14,16H2,1H3,(H,26,27,28). The number of hydrogen-bond donors (Lipinski definition) is 1. The lowest BCUT2D eigenvalue weighted by molar-refractivity contribution is 0.0342. The smallest absolute Gasteiger partial charge is 0.337 e. The van der Waals surface area contributed by atoms with Crippen molar-refractivity contribution < 1.29 is 14.3 Å². The van der Waals surface area contributed by atoms with E-state index in [4.69, 9.17) is 9.47 Å². The number of morpholine rings is 1. The lowest BCUT2D eigenvalue weighted by Gasteiger charge is -2.26. The maximum atomic E-state index is 11.7. The number of aromatic amines is 1. The van der Waals surface area contributed by atoms with Crippen LogP contribution in [0.25, 0.3) is 33.7 Å². The van der Waals surface area contributed by atoms with Crippen LogP contribution in [0.4, 0.5) is 0 Å². The molecular formula is C25H24N4O3. The zero-order valence-electron chi connectivity index (χ0n) is 17.9. The van der Waals surface area contributed by atoms with Gasteiger partial charge in [0.1, 0.15) is 5.82 Å². The Balaban J connectivity index is 1.46. The Bertz CT molecular complexity index is 1240. The van der Waals surface area contributed by atoms with Crippen molar-refractivity contribution in [2.24, 2.45) is 0 Å². The second-order valence-corrected chi connectivity index (χ2v) is 7.80. The van der Waals surface area contributed by atoms with Gasteiger partial charge in [0.05, 0.1) is 31.4 Å². The predicted octanol–water partition coefficient (Wildman–Crippen LogP) is 3.91. The van der Waals surface area contributed by atoms with Gasteiger partial charge in [0.15, 0.2) is 5.65 Å². The number of methoxy groups -OCH3 is 1. The number of carbonyl (C=O) groups is 1. The second kappa shape index (κ2) is 8.90. The van der Waals surface area contributed by atoms with Crippen LogP contribution in [-0.2, 0) is 16.0 Å². The molecule has 0 atom stereocenters. The van der Waals surface area contributed by atoms with Crippen molar-refractivity contribution in [3.63, 3.8) is 0 Å². The van der Waals surface area contributed by atoms with Crippen LogP contribution < -0.4 is 0 Å². The molecule has 2 aromatic heterocycles. The molecule has 1 N–H and O–H groups in total. The molecular weight excluding hydrogens is 404 g/mol. The van der Waals surface area contributed by atoms with Gasteiger partial charge in [0.2, 0.25) is 0 Å². The molecule has 7 nitrogen and oxygen atoms in total. The topological polar surface area (TPSA) is 80.3 Å². The average Bonchev–Trinajstić information content (AvgIpc) is 3.29. The molecule has 32 heavy (non-hydrogen) atoms. The van der Waals surface area contributed by atoms with E-state index in [1.54, 1.807) is 18.3 Å². The molecule has 1 aliphatic rings. The van der Waals surface area contributed by atoms with Crippen LogP contribution in [0.1, 0.15) is 15.9 Å². The molecule has 1 fully saturated rings. The van der Waals surface area contributed by atoms with Crippen molar-refractivity contribution in [3.05, 3.63) is 71.9 Å². The SMILES string of the molecule is COC(=O)c1ccc(-c2nc3nccc(-c4cccc(CN5CCOCC5)c4)c3[nH]2)cc1. The Morgan fingerprint density at radius 3 is 2.69 bits per heavy atom. The Morgan fingerprint density at radius 2 is 1.91 bits per heavy atom. The van der Waals surface area contributed by atoms with Crippen LogP contribution in [0, 0.1) is 0 Å². The molecule has 162 valence electrons. The van der Waals surface area contributed by atoms with E-state index in [1.807, 2.05) is 18.2 Å². The highest BCUT2D eigenvalue weighted by atomic mass is 16.5. The summed E-state index contributed by atoms with van der Waals surface area (Å²) in [5.74, 6) is 0.350. The van der Waals surface area contributed by atoms with Gasteiger partial charge in [-0.3, -0.25) is 4.90 Å². The minimum atomic E-state index is -0.359. The summed E-state index contributed by atoms with van der Waals surface area (Å²) >= 11 is 0. The quantitative estimate of drug-likeness (QED) is 0.486. The number of pyridine rings is 1. The first-order valence-electron chi connectivity index (χ1n) is 10.6. The van der Waals surface area contributed by atoms with E-state index in [1.165, 1.54) is 12.7 Å². The Hall–Kier alpha value is -3.55. The summed E-state index contributed by atoms with van der Waals surface area (Å²) in [5.41, 5.74) is 6.39. The summed E-state index contributed by atoms with van der Waals surface area (Å²) < 4.78 is 10.2. The molecule has 5 rings (SSSR count). The molecule has 0 aliphatic carbocycles. The number of nitrogens with one attached hydrogen (secondary N) is 1. The Morgan fingerprint density at radius 1 is 1.09 bits per heavy atom. The monoisotopic (exact) mass is 428 g/mol. The Labute approximate surface area is 186 Å². The fourth-order valence-electron chi connectivity index (χ4n) is 4.03. The molecule has 7 heteroatoms. The van der Waals surface area contributed by atoms with Gasteiger partial charge >= 0.3 is 5.97 Å². The first-order valence-corrected chi connectivity index (χ1v) is 10.6. The van der Waals surface area contributed by atoms with Gasteiger partial charge in [-0.1, -0.05) is 30.3 Å². The normalized spacial score (nSPS) is 14.5. The maximum Gasteiger partial charge on any atom is 0.337 e. The summed E-state index contributed by atoms with van der Waals surface area (Å²) in [4.78, 5) is 26.7. The van der Waals surface area contributed by atoms with Crippen molar-refractivity contribution in [2.75, 3.05) is 33.4 Å². The molecule has 2 aromatic carbocycles. The fourth-order valence-corrected chi connectivity index (χ4v) is 4.03. The highest BCUT2D eigenvalue weighted by Gasteiger charge is 2.14. The first kappa shape index (κ1) is 20.4. The molecule has 4 aromatic rings. The number of imidazole rings is 1. The number of benzene rings is 2. The molecule has 0 amide bonds. The maximum absolute atomic E-state index is 11.7. The van der Waals surface area contributed by atoms with E-state index < -0.39 is 0 Å². The van der Waals surface area contributed by atoms with E-state index in [2.05, 4.69) is 44.1 Å². The van der Waals surface area contributed by atoms with E-state index in [0.717, 1.165) is 55.1 Å². The minimum absolute atomic E-state index is 0.359. The van der Waals surface area contributed by atoms with Crippen LogP contribution in [0.2, 0.25) is 0 Å². The van der Waals surface area contributed by atoms with Crippen LogP contribution in [0.3, 0.4) is 0 Å². The van der Waals surface area contributed by atoms with E-state index in [-0.39, 0.29) is 5.97 Å². The zero-order chi connectivity index (χ0) is 21.9. The summed E-state index contributed by atoms with van der Waals surface area (Å²) in [6, 6.07) is 17.8. The number of esters is 1. The molecule has 0 spiro atoms. The molecule has 1 aliphatic heterocycles. The third kappa shape index (κ3) is 4.12. The highest BCUT2D eigenvalue weighted by Crippen LogP contribution is 2.29. The number of aromatic nitrogens is 3. The second-order valence-electron chi connectivity index (χ2n) is 7.80. The van der Waals surface area contributed by atoms with Gasteiger partial charge in [-0.15, -0.1) is 0 Å². The fraction of sp³-hybridized carbons (Fsp3) is 0.240. The van der Waals surface area contributed by atoms with Gasteiger partial charge < -0.3 is 14.5 Å². The van der Waals surface area contributed by atoms with Crippen molar-refractivity contribution in [3.8, 4) is 22.5 Å². The molecule has 0 bridgehead atoms. The van der Waals surface area contributed by atoms with Gasteiger partial charge in [0, 0.05) is 37.0 Å². The Kier molecular flexibility index (Phi) is 5.66. The van der Waals surface area contributed by atoms with Gasteiger partial charge in [-0.2, -0.15) is 0 Å². The number of ether oxygens (including phenoxy) is 2. The molecule has 3 heterocycles. The zero-order valence-corrected chi connectivity index (χ0v) is 17.9. The first-order chi connectivity index (χ1) is 15.7. The molecule has 1 saturated heterocycles. The van der Waals surface area contributed by atoms with Gasteiger partial charge in [-0.05, 0) is 35.4 Å². The summed E-state index contributed by atoms with van der Waals surface area (Å²) in [6.45, 7) is 4.42. The number of nitrogens with zero attached hydrogens (tertiary/aromatic N) is 3. The van der Waals surface area contributed by atoms with Crippen LogP contribution in [0.15, 0.2) is 60.8 Å². The third-order valence-electron chi connectivity index (χ3n) is 5.72. The summed E-state index contributed by atoms with van der Waals surface area (Å²) in [7, 11) is 1.37. The number of H-pyrrole nitrogens is 1. The lowest BCUT2D eigenvalue weighted by atomic mass is 10.0. The number of hydrogen-bond acceptors (Lipinski definition) is 6. The van der Waals surface area contributed by atoms with Crippen molar-refractivity contribution in [2.45, 2.75) is 6.54 Å². The number of carbonyl (C=O) groups excluding carboxylic acids is 1. The van der Waals surface area contributed by atoms with Crippen molar-refractivity contribution in [1.29, 1.82) is 0 Å². The predicted molar refractivity (Wildman–Crippen MR) is 122 cm³/mol. The van der Waals surface area contributed by atoms with Crippen molar-refractivity contribution in [1.82, 2.24) is 19.9 Å². The van der Waals surface area contributed by atoms with Gasteiger partial charge in [-0.25, -0.2) is 14.8 Å². The van der Waals surface area contributed by atoms with Crippen molar-refractivity contribution >= 4 is 17.1 Å². The lowest BCUT2D eigenvalue weighted by Crippen LogP contribution is -2.35. The molecule has 0 radical (unpaired) electrons. The average molecular weight is 428 g/mol. The van der Waals surface area contributed by atoms with Crippen LogP contribution >= 0.6 is 0 Å². The van der Waals surface area contributed by atoms with Gasteiger partial charge in [0.25, 0.3) is 0 Å². The largest absolute Gasteiger partial charge is 0.465 e. The summed E-state index contributed by atoms with van der Waals surface area (Å²) in [6.07, 6.45) is 1.79. The van der Waals surface area contributed by atoms with Crippen LogP contribution in [0.5, 0.6) is 0 Å². The molecule has 0 saturated carbocycles. The highest BCUT2D eigenvalue weighted by molar-refractivity contribution is 5.92. The summed E-state index contributed by atoms with van der Waals surface area (Å²) in [5, 5.41) is 0. The number of fused-ring (bicyclic) bond motifs is 1. The van der Waals surface area contributed by atoms with E-state index >= 15 is 0 Å². The van der Waals surface area contributed by atoms with Crippen LogP contribution in [-0.4, -0.2) is 59.2 Å². The number of rotatable bonds is 5. The van der Waals surface area contributed by atoms with E-state index in [0.29, 0.717) is 17.0 Å².